The predicted molar refractivity (Wildman–Crippen MR) is 102 cm³/mol. The summed E-state index contributed by atoms with van der Waals surface area (Å²) in [6.07, 6.45) is 0. The Bertz CT molecular complexity index is 807. The van der Waals surface area contributed by atoms with E-state index in [9.17, 15) is 4.39 Å². The fourth-order valence-corrected chi connectivity index (χ4v) is 4.21. The van der Waals surface area contributed by atoms with Crippen molar-refractivity contribution in [1.82, 2.24) is 9.88 Å². The van der Waals surface area contributed by atoms with Gasteiger partial charge in [-0.1, -0.05) is 12.1 Å². The first-order chi connectivity index (χ1) is 12.2. The zero-order chi connectivity index (χ0) is 17.2. The van der Waals surface area contributed by atoms with Crippen LogP contribution in [0.15, 0.2) is 48.5 Å². The van der Waals surface area contributed by atoms with Crippen molar-refractivity contribution in [3.05, 3.63) is 59.4 Å². The highest BCUT2D eigenvalue weighted by Gasteiger charge is 2.21. The second kappa shape index (κ2) is 7.07. The Labute approximate surface area is 150 Å². The van der Waals surface area contributed by atoms with Crippen LogP contribution in [0.4, 0.5) is 10.1 Å². The summed E-state index contributed by atoms with van der Waals surface area (Å²) in [5, 5.41) is 1.00. The van der Waals surface area contributed by atoms with Crippen LogP contribution in [0.3, 0.4) is 0 Å². The topological polar surface area (TPSA) is 45.4 Å². The number of para-hydroxylation sites is 1. The predicted octanol–water partition coefficient (Wildman–Crippen LogP) is 3.26. The molecule has 1 atom stereocenters. The van der Waals surface area contributed by atoms with Crippen LogP contribution in [0.5, 0.6) is 0 Å². The van der Waals surface area contributed by atoms with Gasteiger partial charge in [0.2, 0.25) is 0 Å². The molecule has 0 saturated carbocycles. The van der Waals surface area contributed by atoms with Crippen molar-refractivity contribution in [2.45, 2.75) is 6.04 Å². The van der Waals surface area contributed by atoms with Gasteiger partial charge in [-0.25, -0.2) is 9.37 Å². The monoisotopic (exact) mass is 356 g/mol. The van der Waals surface area contributed by atoms with Crippen LogP contribution in [0, 0.1) is 5.82 Å². The average molecular weight is 356 g/mol. The van der Waals surface area contributed by atoms with Gasteiger partial charge in [0.1, 0.15) is 10.8 Å². The number of aromatic nitrogens is 1. The van der Waals surface area contributed by atoms with Crippen molar-refractivity contribution in [2.24, 2.45) is 5.73 Å². The van der Waals surface area contributed by atoms with Gasteiger partial charge in [0, 0.05) is 38.4 Å². The van der Waals surface area contributed by atoms with Crippen LogP contribution >= 0.6 is 11.3 Å². The van der Waals surface area contributed by atoms with E-state index in [2.05, 4.69) is 20.9 Å². The standard InChI is InChI=1S/C19H21FN4S/c20-14-5-7-15(8-6-14)24-11-9-23(10-12-24)13-16(21)19-22-17-3-1-2-4-18(17)25-19/h1-8,16H,9-13,21H2. The quantitative estimate of drug-likeness (QED) is 0.779. The van der Waals surface area contributed by atoms with Crippen LogP contribution in [0.1, 0.15) is 11.0 Å². The van der Waals surface area contributed by atoms with Crippen molar-refractivity contribution >= 4 is 27.2 Å². The summed E-state index contributed by atoms with van der Waals surface area (Å²) >= 11 is 1.68. The molecule has 0 bridgehead atoms. The summed E-state index contributed by atoms with van der Waals surface area (Å²) in [4.78, 5) is 9.35. The van der Waals surface area contributed by atoms with Crippen molar-refractivity contribution in [3.8, 4) is 0 Å². The van der Waals surface area contributed by atoms with Crippen LogP contribution < -0.4 is 10.6 Å². The lowest BCUT2D eigenvalue weighted by Gasteiger charge is -2.36. The lowest BCUT2D eigenvalue weighted by atomic mass is 10.2. The van der Waals surface area contributed by atoms with Crippen molar-refractivity contribution in [1.29, 1.82) is 0 Å². The highest BCUT2D eigenvalue weighted by atomic mass is 32.1. The van der Waals surface area contributed by atoms with Gasteiger partial charge in [0.05, 0.1) is 16.3 Å². The van der Waals surface area contributed by atoms with Crippen LogP contribution in [0.2, 0.25) is 0 Å². The molecular weight excluding hydrogens is 335 g/mol. The highest BCUT2D eigenvalue weighted by Crippen LogP contribution is 2.26. The molecule has 4 nitrogen and oxygen atoms in total. The van der Waals surface area contributed by atoms with Gasteiger partial charge in [-0.2, -0.15) is 0 Å². The second-order valence-corrected chi connectivity index (χ2v) is 7.45. The van der Waals surface area contributed by atoms with E-state index in [-0.39, 0.29) is 11.9 Å². The van der Waals surface area contributed by atoms with E-state index in [1.54, 1.807) is 11.3 Å². The molecular formula is C19H21FN4S. The van der Waals surface area contributed by atoms with Crippen LogP contribution in [0.25, 0.3) is 10.2 Å². The normalized spacial score (nSPS) is 17.1. The molecule has 1 aliphatic heterocycles. The molecule has 1 unspecified atom stereocenters. The summed E-state index contributed by atoms with van der Waals surface area (Å²) in [6, 6.07) is 14.8. The van der Waals surface area contributed by atoms with E-state index in [0.29, 0.717) is 0 Å². The molecule has 4 rings (SSSR count). The minimum absolute atomic E-state index is 0.0604. The minimum atomic E-state index is -0.191. The van der Waals surface area contributed by atoms with E-state index in [1.807, 2.05) is 30.3 Å². The molecule has 1 aromatic heterocycles. The number of nitrogens with zero attached hydrogens (tertiary/aromatic N) is 3. The molecule has 2 heterocycles. The third-order valence-corrected chi connectivity index (χ3v) is 5.81. The summed E-state index contributed by atoms with van der Waals surface area (Å²) in [5.74, 6) is -0.191. The Kier molecular flexibility index (Phi) is 4.65. The van der Waals surface area contributed by atoms with E-state index in [1.165, 1.54) is 16.8 Å². The molecule has 2 aromatic carbocycles. The number of thiazole rings is 1. The first-order valence-corrected chi connectivity index (χ1v) is 9.34. The number of fused-ring (bicyclic) bond motifs is 1. The summed E-state index contributed by atoms with van der Waals surface area (Å²) in [6.45, 7) is 4.58. The summed E-state index contributed by atoms with van der Waals surface area (Å²) in [5.41, 5.74) is 8.51. The smallest absolute Gasteiger partial charge is 0.123 e. The molecule has 25 heavy (non-hydrogen) atoms. The van der Waals surface area contributed by atoms with Gasteiger partial charge in [0.15, 0.2) is 0 Å². The van der Waals surface area contributed by atoms with E-state index >= 15 is 0 Å². The van der Waals surface area contributed by atoms with Gasteiger partial charge in [0.25, 0.3) is 0 Å². The van der Waals surface area contributed by atoms with Gasteiger partial charge in [-0.3, -0.25) is 4.90 Å². The molecule has 6 heteroatoms. The van der Waals surface area contributed by atoms with Gasteiger partial charge < -0.3 is 10.6 Å². The SMILES string of the molecule is NC(CN1CCN(c2ccc(F)cc2)CC1)c1nc2ccccc2s1. The summed E-state index contributed by atoms with van der Waals surface area (Å²) in [7, 11) is 0. The lowest BCUT2D eigenvalue weighted by Crippen LogP contribution is -2.48. The number of rotatable bonds is 4. The Morgan fingerprint density at radius 2 is 1.76 bits per heavy atom. The molecule has 1 aliphatic rings. The molecule has 2 N–H and O–H groups in total. The fourth-order valence-electron chi connectivity index (χ4n) is 3.25. The van der Waals surface area contributed by atoms with Crippen molar-refractivity contribution in [2.75, 3.05) is 37.6 Å². The summed E-state index contributed by atoms with van der Waals surface area (Å²) < 4.78 is 14.2. The van der Waals surface area contributed by atoms with Crippen LogP contribution in [-0.4, -0.2) is 42.6 Å². The third kappa shape index (κ3) is 3.66. The molecule has 3 aromatic rings. The van der Waals surface area contributed by atoms with Gasteiger partial charge in [-0.15, -0.1) is 11.3 Å². The van der Waals surface area contributed by atoms with Gasteiger partial charge in [-0.05, 0) is 36.4 Å². The molecule has 0 aliphatic carbocycles. The Morgan fingerprint density at radius 3 is 2.48 bits per heavy atom. The first-order valence-electron chi connectivity index (χ1n) is 8.53. The third-order valence-electron chi connectivity index (χ3n) is 4.65. The van der Waals surface area contributed by atoms with E-state index in [0.717, 1.165) is 48.9 Å². The highest BCUT2D eigenvalue weighted by molar-refractivity contribution is 7.18. The maximum atomic E-state index is 13.1. The number of benzene rings is 2. The van der Waals surface area contributed by atoms with Crippen molar-refractivity contribution < 1.29 is 4.39 Å². The molecule has 1 fully saturated rings. The fraction of sp³-hybridized carbons (Fsp3) is 0.316. The van der Waals surface area contributed by atoms with E-state index in [4.69, 9.17) is 5.73 Å². The molecule has 0 amide bonds. The van der Waals surface area contributed by atoms with Crippen LogP contribution in [-0.2, 0) is 0 Å². The molecule has 130 valence electrons. The van der Waals surface area contributed by atoms with E-state index < -0.39 is 0 Å². The Balaban J connectivity index is 1.35. The Hall–Kier alpha value is -2.02. The molecule has 0 radical (unpaired) electrons. The molecule has 1 saturated heterocycles. The second-order valence-electron chi connectivity index (χ2n) is 6.39. The maximum Gasteiger partial charge on any atom is 0.123 e. The lowest BCUT2D eigenvalue weighted by molar-refractivity contribution is 0.243. The number of nitrogens with two attached hydrogens (primary N) is 1. The van der Waals surface area contributed by atoms with Crippen molar-refractivity contribution in [3.63, 3.8) is 0 Å². The van der Waals surface area contributed by atoms with Gasteiger partial charge >= 0.3 is 0 Å². The Morgan fingerprint density at radius 1 is 1.04 bits per heavy atom. The maximum absolute atomic E-state index is 13.1. The number of halogens is 1. The minimum Gasteiger partial charge on any atom is -0.369 e. The largest absolute Gasteiger partial charge is 0.369 e. The zero-order valence-electron chi connectivity index (χ0n) is 13.9. The zero-order valence-corrected chi connectivity index (χ0v) is 14.8. The number of hydrogen-bond donors (Lipinski definition) is 1. The first kappa shape index (κ1) is 16.4. The molecule has 0 spiro atoms. The number of hydrogen-bond acceptors (Lipinski definition) is 5. The number of piperazine rings is 1. The average Bonchev–Trinajstić information content (AvgIpc) is 3.07. The number of anilines is 1.